The van der Waals surface area contributed by atoms with Gasteiger partial charge in [-0.3, -0.25) is 4.90 Å². The van der Waals surface area contributed by atoms with Crippen LogP contribution in [-0.2, 0) is 11.3 Å². The Hall–Kier alpha value is -1.56. The van der Waals surface area contributed by atoms with Crippen molar-refractivity contribution in [3.63, 3.8) is 0 Å². The van der Waals surface area contributed by atoms with Gasteiger partial charge in [-0.05, 0) is 12.5 Å². The van der Waals surface area contributed by atoms with Crippen molar-refractivity contribution in [1.29, 1.82) is 0 Å². The number of nitrogens with zero attached hydrogens (tertiary/aromatic N) is 1. The molecule has 1 aliphatic rings. The minimum Gasteiger partial charge on any atom is -0.365 e. The first kappa shape index (κ1) is 12.9. The van der Waals surface area contributed by atoms with Gasteiger partial charge < -0.3 is 4.74 Å². The Morgan fingerprint density at radius 2 is 2.22 bits per heavy atom. The summed E-state index contributed by atoms with van der Waals surface area (Å²) in [5.74, 6) is 5.68. The summed E-state index contributed by atoms with van der Waals surface area (Å²) in [6.45, 7) is 5.20. The topological polar surface area (TPSA) is 12.2 Å². The summed E-state index contributed by atoms with van der Waals surface area (Å²) in [7, 11) is 0. The molecule has 94 valence electrons. The molecule has 1 saturated heterocycles. The lowest BCUT2D eigenvalue weighted by Crippen LogP contribution is -2.00. The van der Waals surface area contributed by atoms with Gasteiger partial charge in [0.2, 0.25) is 0 Å². The van der Waals surface area contributed by atoms with Crippen LogP contribution in [0.1, 0.15) is 12.5 Å². The largest absolute Gasteiger partial charge is 0.365 e. The van der Waals surface area contributed by atoms with E-state index >= 15 is 0 Å². The first-order chi connectivity index (χ1) is 8.90. The highest BCUT2D eigenvalue weighted by molar-refractivity contribution is 5.17. The molecule has 1 fully saturated rings. The van der Waals surface area contributed by atoms with Gasteiger partial charge in [-0.15, -0.1) is 5.92 Å². The van der Waals surface area contributed by atoms with E-state index in [4.69, 9.17) is 4.74 Å². The predicted octanol–water partition coefficient (Wildman–Crippen LogP) is 2.47. The SMILES string of the molecule is CC#CCOC/C=C/C1CN1Cc1ccccc1. The molecule has 2 heteroatoms. The molecule has 0 bridgehead atoms. The molecule has 0 aromatic heterocycles. The third-order valence-electron chi connectivity index (χ3n) is 2.91. The highest BCUT2D eigenvalue weighted by Gasteiger charge is 2.30. The lowest BCUT2D eigenvalue weighted by Gasteiger charge is -2.01. The maximum absolute atomic E-state index is 5.33. The third kappa shape index (κ3) is 4.37. The Morgan fingerprint density at radius 3 is 3.00 bits per heavy atom. The summed E-state index contributed by atoms with van der Waals surface area (Å²) in [4.78, 5) is 2.43. The fourth-order valence-corrected chi connectivity index (χ4v) is 1.84. The van der Waals surface area contributed by atoms with Gasteiger partial charge in [-0.25, -0.2) is 0 Å². The van der Waals surface area contributed by atoms with Gasteiger partial charge in [0.05, 0.1) is 6.61 Å². The van der Waals surface area contributed by atoms with Crippen LogP contribution in [0.3, 0.4) is 0 Å². The second-order valence-electron chi connectivity index (χ2n) is 4.35. The van der Waals surface area contributed by atoms with E-state index in [1.807, 2.05) is 6.92 Å². The zero-order valence-electron chi connectivity index (χ0n) is 10.8. The zero-order chi connectivity index (χ0) is 12.6. The monoisotopic (exact) mass is 241 g/mol. The fraction of sp³-hybridized carbons (Fsp3) is 0.375. The van der Waals surface area contributed by atoms with Gasteiger partial charge in [0.25, 0.3) is 0 Å². The van der Waals surface area contributed by atoms with Crippen LogP contribution in [-0.4, -0.2) is 30.7 Å². The highest BCUT2D eigenvalue weighted by Crippen LogP contribution is 2.21. The molecule has 1 aromatic rings. The summed E-state index contributed by atoms with van der Waals surface area (Å²) in [6.07, 6.45) is 4.31. The molecule has 2 atom stereocenters. The summed E-state index contributed by atoms with van der Waals surface area (Å²) in [5.41, 5.74) is 1.38. The number of hydrogen-bond acceptors (Lipinski definition) is 2. The van der Waals surface area contributed by atoms with Crippen molar-refractivity contribution < 1.29 is 4.74 Å². The number of hydrogen-bond donors (Lipinski definition) is 0. The van der Waals surface area contributed by atoms with Crippen molar-refractivity contribution in [1.82, 2.24) is 4.90 Å². The van der Waals surface area contributed by atoms with Gasteiger partial charge in [0.1, 0.15) is 6.61 Å². The van der Waals surface area contributed by atoms with E-state index in [0.717, 1.165) is 13.1 Å². The standard InChI is InChI=1S/C16H19NO/c1-2-3-11-18-12-7-10-16-14-17(16)13-15-8-5-4-6-9-15/h4-10,16H,11-14H2,1H3/b10-7+. The maximum Gasteiger partial charge on any atom is 0.108 e. The van der Waals surface area contributed by atoms with E-state index in [2.05, 4.69) is 59.2 Å². The molecule has 2 nitrogen and oxygen atoms in total. The Kier molecular flexibility index (Phi) is 5.01. The van der Waals surface area contributed by atoms with Crippen LogP contribution in [0.25, 0.3) is 0 Å². The maximum atomic E-state index is 5.33. The molecule has 0 amide bonds. The quantitative estimate of drug-likeness (QED) is 0.328. The summed E-state index contributed by atoms with van der Waals surface area (Å²) >= 11 is 0. The van der Waals surface area contributed by atoms with Crippen LogP contribution < -0.4 is 0 Å². The first-order valence-electron chi connectivity index (χ1n) is 6.32. The van der Waals surface area contributed by atoms with E-state index in [0.29, 0.717) is 19.3 Å². The molecular formula is C16H19NO. The minimum absolute atomic E-state index is 0.527. The van der Waals surface area contributed by atoms with Crippen LogP contribution in [0.2, 0.25) is 0 Å². The van der Waals surface area contributed by atoms with Gasteiger partial charge in [-0.2, -0.15) is 0 Å². The van der Waals surface area contributed by atoms with Crippen molar-refractivity contribution in [2.24, 2.45) is 0 Å². The van der Waals surface area contributed by atoms with Crippen LogP contribution in [0, 0.1) is 11.8 Å². The molecule has 0 N–H and O–H groups in total. The van der Waals surface area contributed by atoms with Gasteiger partial charge in [0, 0.05) is 19.1 Å². The molecule has 1 heterocycles. The fourth-order valence-electron chi connectivity index (χ4n) is 1.84. The predicted molar refractivity (Wildman–Crippen MR) is 74.0 cm³/mol. The third-order valence-corrected chi connectivity index (χ3v) is 2.91. The van der Waals surface area contributed by atoms with Crippen molar-refractivity contribution >= 4 is 0 Å². The van der Waals surface area contributed by atoms with Crippen LogP contribution in [0.4, 0.5) is 0 Å². The molecule has 0 aliphatic carbocycles. The van der Waals surface area contributed by atoms with E-state index in [1.54, 1.807) is 0 Å². The normalized spacial score (nSPS) is 21.6. The summed E-state index contributed by atoms with van der Waals surface area (Å²) < 4.78 is 5.33. The Labute approximate surface area is 109 Å². The molecule has 0 saturated carbocycles. The van der Waals surface area contributed by atoms with Gasteiger partial charge in [-0.1, -0.05) is 48.4 Å². The molecule has 1 aromatic carbocycles. The molecule has 2 unspecified atom stereocenters. The summed E-state index contributed by atoms with van der Waals surface area (Å²) in [6, 6.07) is 11.2. The lowest BCUT2D eigenvalue weighted by atomic mass is 10.2. The van der Waals surface area contributed by atoms with Crippen molar-refractivity contribution in [2.75, 3.05) is 19.8 Å². The minimum atomic E-state index is 0.527. The molecule has 1 aliphatic heterocycles. The zero-order valence-corrected chi connectivity index (χ0v) is 10.8. The molecule has 18 heavy (non-hydrogen) atoms. The van der Waals surface area contributed by atoms with Gasteiger partial charge >= 0.3 is 0 Å². The van der Waals surface area contributed by atoms with E-state index < -0.39 is 0 Å². The van der Waals surface area contributed by atoms with Crippen LogP contribution in [0.5, 0.6) is 0 Å². The second kappa shape index (κ2) is 7.00. The van der Waals surface area contributed by atoms with Crippen molar-refractivity contribution in [3.05, 3.63) is 48.0 Å². The van der Waals surface area contributed by atoms with E-state index in [-0.39, 0.29) is 0 Å². The Balaban J connectivity index is 1.62. The van der Waals surface area contributed by atoms with E-state index in [1.165, 1.54) is 5.56 Å². The van der Waals surface area contributed by atoms with Crippen LogP contribution >= 0.6 is 0 Å². The van der Waals surface area contributed by atoms with Crippen molar-refractivity contribution in [2.45, 2.75) is 19.5 Å². The number of ether oxygens (including phenoxy) is 1. The molecular weight excluding hydrogens is 222 g/mol. The van der Waals surface area contributed by atoms with E-state index in [9.17, 15) is 0 Å². The van der Waals surface area contributed by atoms with Gasteiger partial charge in [0.15, 0.2) is 0 Å². The Morgan fingerprint density at radius 1 is 1.39 bits per heavy atom. The first-order valence-corrected chi connectivity index (χ1v) is 6.32. The lowest BCUT2D eigenvalue weighted by molar-refractivity contribution is 0.199. The van der Waals surface area contributed by atoms with Crippen molar-refractivity contribution in [3.8, 4) is 11.8 Å². The average molecular weight is 241 g/mol. The molecule has 0 spiro atoms. The summed E-state index contributed by atoms with van der Waals surface area (Å²) in [5, 5.41) is 0. The second-order valence-corrected chi connectivity index (χ2v) is 4.35. The highest BCUT2D eigenvalue weighted by atomic mass is 16.5. The Bertz CT molecular complexity index is 441. The van der Waals surface area contributed by atoms with Crippen LogP contribution in [0.15, 0.2) is 42.5 Å². The molecule has 2 rings (SSSR count). The molecule has 0 radical (unpaired) electrons. The smallest absolute Gasteiger partial charge is 0.108 e. The number of benzene rings is 1. The average Bonchev–Trinajstić information content (AvgIpc) is 3.13. The number of rotatable bonds is 6.